The largest absolute Gasteiger partial charge is 0.420 e. The molecule has 0 radical (unpaired) electrons. The number of rotatable bonds is 9. The maximum atomic E-state index is 13.3. The Bertz CT molecular complexity index is 1110. The summed E-state index contributed by atoms with van der Waals surface area (Å²) in [7, 11) is 1.46. The predicted molar refractivity (Wildman–Crippen MR) is 125 cm³/mol. The topological polar surface area (TPSA) is 65.4 Å². The summed E-state index contributed by atoms with van der Waals surface area (Å²) in [5.74, 6) is 0.0811. The maximum absolute atomic E-state index is 13.3. The number of Topliss-reactive ketones (excluding diaryl/α,β-unsaturated/α-hetero) is 1. The number of nitrogens with zero attached hydrogens (tertiary/aromatic N) is 3. The summed E-state index contributed by atoms with van der Waals surface area (Å²) in [6.45, 7) is 2.45. The smallest absolute Gasteiger partial charge is 0.405 e. The van der Waals surface area contributed by atoms with E-state index in [2.05, 4.69) is 23.0 Å². The van der Waals surface area contributed by atoms with E-state index in [1.807, 2.05) is 24.4 Å². The molecule has 2 atom stereocenters. The minimum Gasteiger partial charge on any atom is -0.420 e. The molecule has 2 unspecified atom stereocenters. The molecule has 6 nitrogen and oxygen atoms in total. The van der Waals surface area contributed by atoms with Crippen molar-refractivity contribution in [3.8, 4) is 0 Å². The number of unbranched alkanes of at least 4 members (excludes halogenated alkanes) is 1. The van der Waals surface area contributed by atoms with Crippen molar-refractivity contribution in [3.63, 3.8) is 0 Å². The van der Waals surface area contributed by atoms with Gasteiger partial charge in [0.2, 0.25) is 0 Å². The molecule has 2 aromatic heterocycles. The van der Waals surface area contributed by atoms with Crippen molar-refractivity contribution in [2.75, 3.05) is 31.6 Å². The molecule has 0 spiro atoms. The highest BCUT2D eigenvalue weighted by atomic mass is 19.4. The van der Waals surface area contributed by atoms with E-state index >= 15 is 0 Å². The van der Waals surface area contributed by atoms with E-state index < -0.39 is 12.2 Å². The van der Waals surface area contributed by atoms with Crippen molar-refractivity contribution in [1.82, 2.24) is 14.9 Å². The fraction of sp³-hybridized carbons (Fsp3) is 0.520. The average molecular weight is 477 g/mol. The monoisotopic (exact) mass is 476 g/mol. The van der Waals surface area contributed by atoms with Gasteiger partial charge in [-0.15, -0.1) is 0 Å². The molecule has 4 rings (SSSR count). The molecule has 1 aliphatic rings. The second kappa shape index (κ2) is 10.2. The predicted octanol–water partition coefficient (Wildman–Crippen LogP) is 5.46. The standard InChI is InChI=1S/C25H31F3N4O2/c1-3-4-7-17(12-18-14-29-20-9-6-5-8-19(18)20)13-21(33)22-15-30-24(34-22)32-11-10-31(2)23(16-32)25(26,27)28/h5-6,8-9,14-15,17,23,29H,3-4,7,10-13,16H2,1-2H3. The van der Waals surface area contributed by atoms with E-state index in [9.17, 15) is 18.0 Å². The Labute approximate surface area is 197 Å². The number of ketones is 1. The summed E-state index contributed by atoms with van der Waals surface area (Å²) in [6.07, 6.45) is 3.05. The second-order valence-electron chi connectivity index (χ2n) is 9.19. The maximum Gasteiger partial charge on any atom is 0.405 e. The molecule has 9 heteroatoms. The highest BCUT2D eigenvalue weighted by molar-refractivity contribution is 5.93. The lowest BCUT2D eigenvalue weighted by molar-refractivity contribution is -0.180. The fourth-order valence-electron chi connectivity index (χ4n) is 4.68. The van der Waals surface area contributed by atoms with Gasteiger partial charge in [-0.05, 0) is 37.4 Å². The third kappa shape index (κ3) is 5.46. The number of likely N-dealkylation sites (N-methyl/N-ethyl adjacent to an activating group) is 1. The first-order valence-electron chi connectivity index (χ1n) is 11.8. The first kappa shape index (κ1) is 24.3. The molecule has 1 N–H and O–H groups in total. The van der Waals surface area contributed by atoms with E-state index in [1.165, 1.54) is 28.6 Å². The van der Waals surface area contributed by atoms with Crippen molar-refractivity contribution in [2.24, 2.45) is 5.92 Å². The SMILES string of the molecule is CCCCC(CC(=O)c1cnc(N2CCN(C)C(C(F)(F)F)C2)o1)Cc1c[nH]c2ccccc12. The Hall–Kier alpha value is -2.81. The Kier molecular flexibility index (Phi) is 7.30. The molecule has 0 aliphatic carbocycles. The molecule has 1 aliphatic heterocycles. The second-order valence-corrected chi connectivity index (χ2v) is 9.19. The quantitative estimate of drug-likeness (QED) is 0.416. The van der Waals surface area contributed by atoms with E-state index in [4.69, 9.17) is 4.42 Å². The van der Waals surface area contributed by atoms with Crippen LogP contribution in [0.4, 0.5) is 19.2 Å². The molecular formula is C25H31F3N4O2. The number of aromatic amines is 1. The molecule has 0 amide bonds. The normalized spacial score (nSPS) is 18.5. The minimum atomic E-state index is -4.34. The number of benzene rings is 1. The summed E-state index contributed by atoms with van der Waals surface area (Å²) >= 11 is 0. The van der Waals surface area contributed by atoms with Crippen LogP contribution in [0.15, 0.2) is 41.1 Å². The van der Waals surface area contributed by atoms with Gasteiger partial charge < -0.3 is 14.3 Å². The van der Waals surface area contributed by atoms with Crippen LogP contribution in [-0.4, -0.2) is 59.6 Å². The van der Waals surface area contributed by atoms with Crippen LogP contribution < -0.4 is 4.90 Å². The van der Waals surface area contributed by atoms with Gasteiger partial charge in [-0.25, -0.2) is 4.98 Å². The fourth-order valence-corrected chi connectivity index (χ4v) is 4.68. The van der Waals surface area contributed by atoms with Gasteiger partial charge in [0.05, 0.1) is 6.20 Å². The van der Waals surface area contributed by atoms with Crippen LogP contribution in [0.1, 0.15) is 48.7 Å². The van der Waals surface area contributed by atoms with Crippen molar-refractivity contribution in [1.29, 1.82) is 0 Å². The number of H-pyrrole nitrogens is 1. The zero-order valence-corrected chi connectivity index (χ0v) is 19.6. The number of alkyl halides is 3. The molecule has 34 heavy (non-hydrogen) atoms. The van der Waals surface area contributed by atoms with E-state index in [-0.39, 0.29) is 36.6 Å². The lowest BCUT2D eigenvalue weighted by atomic mass is 9.89. The molecule has 1 aromatic carbocycles. The lowest BCUT2D eigenvalue weighted by Gasteiger charge is -2.39. The number of oxazole rings is 1. The van der Waals surface area contributed by atoms with Gasteiger partial charge in [0.25, 0.3) is 6.01 Å². The van der Waals surface area contributed by atoms with Crippen molar-refractivity contribution >= 4 is 22.7 Å². The number of carbonyl (C=O) groups is 1. The molecule has 0 saturated carbocycles. The van der Waals surface area contributed by atoms with E-state index in [0.717, 1.165) is 36.6 Å². The number of carbonyl (C=O) groups excluding carboxylic acids is 1. The lowest BCUT2D eigenvalue weighted by Crippen LogP contribution is -2.57. The summed E-state index contributed by atoms with van der Waals surface area (Å²) in [5.41, 5.74) is 2.25. The van der Waals surface area contributed by atoms with Gasteiger partial charge in [0, 0.05) is 43.2 Å². The Morgan fingerprint density at radius 2 is 2.09 bits per heavy atom. The number of hydrogen-bond donors (Lipinski definition) is 1. The molecular weight excluding hydrogens is 445 g/mol. The number of aromatic nitrogens is 2. The number of fused-ring (bicyclic) bond motifs is 1. The van der Waals surface area contributed by atoms with Gasteiger partial charge in [0.1, 0.15) is 6.04 Å². The first-order chi connectivity index (χ1) is 16.3. The zero-order chi connectivity index (χ0) is 24.3. The summed E-state index contributed by atoms with van der Waals surface area (Å²) in [4.78, 5) is 23.2. The van der Waals surface area contributed by atoms with Crippen LogP contribution >= 0.6 is 0 Å². The van der Waals surface area contributed by atoms with Crippen LogP contribution in [0.25, 0.3) is 10.9 Å². The van der Waals surface area contributed by atoms with Gasteiger partial charge in [0.15, 0.2) is 11.5 Å². The zero-order valence-electron chi connectivity index (χ0n) is 19.6. The Morgan fingerprint density at radius 3 is 2.85 bits per heavy atom. The molecule has 3 heterocycles. The highest BCUT2D eigenvalue weighted by Crippen LogP contribution is 2.30. The van der Waals surface area contributed by atoms with Gasteiger partial charge >= 0.3 is 6.18 Å². The minimum absolute atomic E-state index is 0.0763. The third-order valence-electron chi connectivity index (χ3n) is 6.69. The van der Waals surface area contributed by atoms with Crippen molar-refractivity contribution in [2.45, 2.75) is 51.2 Å². The molecule has 1 fully saturated rings. The van der Waals surface area contributed by atoms with Gasteiger partial charge in [-0.1, -0.05) is 38.0 Å². The highest BCUT2D eigenvalue weighted by Gasteiger charge is 2.45. The van der Waals surface area contributed by atoms with Crippen LogP contribution in [0.3, 0.4) is 0 Å². The first-order valence-corrected chi connectivity index (χ1v) is 11.8. The number of nitrogens with one attached hydrogen (secondary N) is 1. The van der Waals surface area contributed by atoms with Crippen molar-refractivity contribution in [3.05, 3.63) is 48.0 Å². The van der Waals surface area contributed by atoms with Crippen LogP contribution in [0.5, 0.6) is 0 Å². The number of hydrogen-bond acceptors (Lipinski definition) is 5. The Morgan fingerprint density at radius 1 is 1.29 bits per heavy atom. The molecule has 1 saturated heterocycles. The van der Waals surface area contributed by atoms with E-state index in [1.54, 1.807) is 0 Å². The van der Waals surface area contributed by atoms with Crippen molar-refractivity contribution < 1.29 is 22.4 Å². The van der Waals surface area contributed by atoms with Gasteiger partial charge in [-0.3, -0.25) is 9.69 Å². The van der Waals surface area contributed by atoms with E-state index in [0.29, 0.717) is 13.0 Å². The number of piperazine rings is 1. The van der Waals surface area contributed by atoms with Crippen LogP contribution in [-0.2, 0) is 6.42 Å². The molecule has 0 bridgehead atoms. The van der Waals surface area contributed by atoms with Crippen LogP contribution in [0, 0.1) is 5.92 Å². The number of halogens is 3. The third-order valence-corrected chi connectivity index (χ3v) is 6.69. The molecule has 184 valence electrons. The number of anilines is 1. The molecule has 3 aromatic rings. The summed E-state index contributed by atoms with van der Waals surface area (Å²) in [6, 6.07) is 6.58. The summed E-state index contributed by atoms with van der Waals surface area (Å²) in [5, 5.41) is 1.16. The summed E-state index contributed by atoms with van der Waals surface area (Å²) < 4.78 is 45.7. The van der Waals surface area contributed by atoms with Crippen LogP contribution in [0.2, 0.25) is 0 Å². The Balaban J connectivity index is 1.44. The number of para-hydroxylation sites is 1. The van der Waals surface area contributed by atoms with Gasteiger partial charge in [-0.2, -0.15) is 13.2 Å². The average Bonchev–Trinajstić information content (AvgIpc) is 3.45.